The molecule has 0 fully saturated rings. The normalized spacial score (nSPS) is 16.3. The molecule has 1 atom stereocenters. The summed E-state index contributed by atoms with van der Waals surface area (Å²) in [6, 6.07) is 13.3. The second kappa shape index (κ2) is 6.96. The van der Waals surface area contributed by atoms with Gasteiger partial charge >= 0.3 is 0 Å². The van der Waals surface area contributed by atoms with Gasteiger partial charge in [0.25, 0.3) is 0 Å². The van der Waals surface area contributed by atoms with E-state index in [1.165, 1.54) is 18.2 Å². The van der Waals surface area contributed by atoms with E-state index < -0.39 is 0 Å². The molecule has 2 aromatic rings. The molecule has 0 saturated carbocycles. The number of hydrogen-bond acceptors (Lipinski definition) is 3. The SMILES string of the molecule is O=C(/C=C/c1ccc(F)cc1)NCC1COc2ccccc2O1. The molecule has 1 amide bonds. The van der Waals surface area contributed by atoms with E-state index in [0.29, 0.717) is 24.7 Å². The summed E-state index contributed by atoms with van der Waals surface area (Å²) in [5.41, 5.74) is 0.757. The first kappa shape index (κ1) is 15.1. The molecule has 1 unspecified atom stereocenters. The first-order valence-corrected chi connectivity index (χ1v) is 7.31. The zero-order chi connectivity index (χ0) is 16.1. The molecule has 3 rings (SSSR count). The Hall–Kier alpha value is -2.82. The van der Waals surface area contributed by atoms with Crippen molar-refractivity contribution in [1.82, 2.24) is 5.32 Å². The molecule has 1 aliphatic rings. The third-order valence-electron chi connectivity index (χ3n) is 3.37. The van der Waals surface area contributed by atoms with Crippen LogP contribution in [0.3, 0.4) is 0 Å². The largest absolute Gasteiger partial charge is 0.486 e. The van der Waals surface area contributed by atoms with Gasteiger partial charge in [-0.3, -0.25) is 4.79 Å². The molecule has 4 nitrogen and oxygen atoms in total. The fourth-order valence-electron chi connectivity index (χ4n) is 2.18. The summed E-state index contributed by atoms with van der Waals surface area (Å²) >= 11 is 0. The number of rotatable bonds is 4. The lowest BCUT2D eigenvalue weighted by Crippen LogP contribution is -2.40. The molecule has 0 radical (unpaired) electrons. The summed E-state index contributed by atoms with van der Waals surface area (Å²) in [6.07, 6.45) is 2.81. The van der Waals surface area contributed by atoms with Gasteiger partial charge in [0.15, 0.2) is 11.5 Å². The average molecular weight is 313 g/mol. The van der Waals surface area contributed by atoms with Gasteiger partial charge in [-0.2, -0.15) is 0 Å². The Morgan fingerprint density at radius 1 is 1.17 bits per heavy atom. The van der Waals surface area contributed by atoms with E-state index in [4.69, 9.17) is 9.47 Å². The van der Waals surface area contributed by atoms with Crippen LogP contribution in [-0.4, -0.2) is 25.2 Å². The van der Waals surface area contributed by atoms with E-state index in [1.807, 2.05) is 24.3 Å². The molecule has 1 N–H and O–H groups in total. The highest BCUT2D eigenvalue weighted by molar-refractivity contribution is 5.91. The number of fused-ring (bicyclic) bond motifs is 1. The zero-order valence-corrected chi connectivity index (χ0v) is 12.4. The Bertz CT molecular complexity index is 712. The minimum Gasteiger partial charge on any atom is -0.486 e. The minimum atomic E-state index is -0.304. The standard InChI is InChI=1S/C18H16FNO3/c19-14-8-5-13(6-9-14)7-10-18(21)20-11-15-12-22-16-3-1-2-4-17(16)23-15/h1-10,15H,11-12H2,(H,20,21)/b10-7+. The minimum absolute atomic E-state index is 0.229. The van der Waals surface area contributed by atoms with Gasteiger partial charge in [0.05, 0.1) is 6.54 Å². The number of benzene rings is 2. The van der Waals surface area contributed by atoms with Crippen molar-refractivity contribution in [3.05, 3.63) is 66.0 Å². The summed E-state index contributed by atoms with van der Waals surface area (Å²) in [5, 5.41) is 2.76. The average Bonchev–Trinajstić information content (AvgIpc) is 2.59. The van der Waals surface area contributed by atoms with Gasteiger partial charge in [0, 0.05) is 6.08 Å². The third-order valence-corrected chi connectivity index (χ3v) is 3.37. The topological polar surface area (TPSA) is 47.6 Å². The second-order valence-electron chi connectivity index (χ2n) is 5.13. The summed E-state index contributed by atoms with van der Waals surface area (Å²) in [4.78, 5) is 11.8. The van der Waals surface area contributed by atoms with Crippen molar-refractivity contribution < 1.29 is 18.7 Å². The van der Waals surface area contributed by atoms with Crippen LogP contribution in [-0.2, 0) is 4.79 Å². The van der Waals surface area contributed by atoms with Gasteiger partial charge < -0.3 is 14.8 Å². The predicted molar refractivity (Wildman–Crippen MR) is 84.8 cm³/mol. The number of carbonyl (C=O) groups is 1. The van der Waals surface area contributed by atoms with Crippen LogP contribution in [0.4, 0.5) is 4.39 Å². The second-order valence-corrected chi connectivity index (χ2v) is 5.13. The Morgan fingerprint density at radius 3 is 2.70 bits per heavy atom. The van der Waals surface area contributed by atoms with Crippen LogP contribution < -0.4 is 14.8 Å². The maximum Gasteiger partial charge on any atom is 0.244 e. The first-order valence-electron chi connectivity index (χ1n) is 7.31. The Balaban J connectivity index is 1.49. The molecule has 5 heteroatoms. The molecular weight excluding hydrogens is 297 g/mol. The summed E-state index contributed by atoms with van der Waals surface area (Å²) in [7, 11) is 0. The summed E-state index contributed by atoms with van der Waals surface area (Å²) in [5.74, 6) is 0.851. The van der Waals surface area contributed by atoms with Crippen molar-refractivity contribution in [2.75, 3.05) is 13.2 Å². The lowest BCUT2D eigenvalue weighted by atomic mass is 10.2. The van der Waals surface area contributed by atoms with E-state index in [0.717, 1.165) is 5.56 Å². The Kier molecular flexibility index (Phi) is 4.57. The molecule has 0 aliphatic carbocycles. The highest BCUT2D eigenvalue weighted by Crippen LogP contribution is 2.30. The number of para-hydroxylation sites is 2. The van der Waals surface area contributed by atoms with E-state index in [-0.39, 0.29) is 17.8 Å². The lowest BCUT2D eigenvalue weighted by Gasteiger charge is -2.26. The van der Waals surface area contributed by atoms with E-state index in [9.17, 15) is 9.18 Å². The number of carbonyl (C=O) groups excluding carboxylic acids is 1. The molecular formula is C18H16FNO3. The van der Waals surface area contributed by atoms with E-state index in [1.54, 1.807) is 18.2 Å². The molecule has 0 spiro atoms. The van der Waals surface area contributed by atoms with Gasteiger partial charge in [0.2, 0.25) is 5.91 Å². The quantitative estimate of drug-likeness (QED) is 0.883. The van der Waals surface area contributed by atoms with Crippen LogP contribution in [0, 0.1) is 5.82 Å². The third kappa shape index (κ3) is 4.10. The fourth-order valence-corrected chi connectivity index (χ4v) is 2.18. The van der Waals surface area contributed by atoms with Crippen LogP contribution in [0.2, 0.25) is 0 Å². The number of amides is 1. The molecule has 0 aromatic heterocycles. The lowest BCUT2D eigenvalue weighted by molar-refractivity contribution is -0.116. The maximum absolute atomic E-state index is 12.8. The number of hydrogen-bond donors (Lipinski definition) is 1. The van der Waals surface area contributed by atoms with Crippen molar-refractivity contribution in [3.8, 4) is 11.5 Å². The van der Waals surface area contributed by atoms with Gasteiger partial charge in [0.1, 0.15) is 18.5 Å². The van der Waals surface area contributed by atoms with Crippen LogP contribution in [0.5, 0.6) is 11.5 Å². The number of ether oxygens (including phenoxy) is 2. The first-order chi connectivity index (χ1) is 11.2. The molecule has 1 aliphatic heterocycles. The summed E-state index contributed by atoms with van der Waals surface area (Å²) < 4.78 is 24.1. The van der Waals surface area contributed by atoms with Crippen molar-refractivity contribution in [3.63, 3.8) is 0 Å². The smallest absolute Gasteiger partial charge is 0.244 e. The molecule has 1 heterocycles. The summed E-state index contributed by atoms with van der Waals surface area (Å²) in [6.45, 7) is 0.736. The number of halogens is 1. The van der Waals surface area contributed by atoms with Crippen molar-refractivity contribution in [2.45, 2.75) is 6.10 Å². The van der Waals surface area contributed by atoms with Crippen molar-refractivity contribution in [1.29, 1.82) is 0 Å². The van der Waals surface area contributed by atoms with Gasteiger partial charge in [-0.15, -0.1) is 0 Å². The van der Waals surface area contributed by atoms with E-state index in [2.05, 4.69) is 5.32 Å². The molecule has 118 valence electrons. The van der Waals surface area contributed by atoms with Crippen molar-refractivity contribution in [2.24, 2.45) is 0 Å². The van der Waals surface area contributed by atoms with Gasteiger partial charge in [-0.05, 0) is 35.9 Å². The van der Waals surface area contributed by atoms with Gasteiger partial charge in [-0.1, -0.05) is 24.3 Å². The van der Waals surface area contributed by atoms with Crippen LogP contribution >= 0.6 is 0 Å². The fraction of sp³-hybridized carbons (Fsp3) is 0.167. The van der Waals surface area contributed by atoms with E-state index >= 15 is 0 Å². The molecule has 0 bridgehead atoms. The highest BCUT2D eigenvalue weighted by atomic mass is 19.1. The Labute approximate surface area is 133 Å². The monoisotopic (exact) mass is 313 g/mol. The molecule has 2 aromatic carbocycles. The Morgan fingerprint density at radius 2 is 1.91 bits per heavy atom. The predicted octanol–water partition coefficient (Wildman–Crippen LogP) is 2.80. The van der Waals surface area contributed by atoms with Crippen molar-refractivity contribution >= 4 is 12.0 Å². The highest BCUT2D eigenvalue weighted by Gasteiger charge is 2.20. The zero-order valence-electron chi connectivity index (χ0n) is 12.4. The maximum atomic E-state index is 12.8. The van der Waals surface area contributed by atoms with Gasteiger partial charge in [-0.25, -0.2) is 4.39 Å². The van der Waals surface area contributed by atoms with Crippen LogP contribution in [0.1, 0.15) is 5.56 Å². The molecule has 23 heavy (non-hydrogen) atoms. The van der Waals surface area contributed by atoms with Crippen LogP contribution in [0.25, 0.3) is 6.08 Å². The number of nitrogens with one attached hydrogen (secondary N) is 1. The van der Waals surface area contributed by atoms with Crippen LogP contribution in [0.15, 0.2) is 54.6 Å². The molecule has 0 saturated heterocycles.